The van der Waals surface area contributed by atoms with Gasteiger partial charge >= 0.3 is 0 Å². The lowest BCUT2D eigenvalue weighted by atomic mass is 10.0. The van der Waals surface area contributed by atoms with Gasteiger partial charge in [-0.1, -0.05) is 79.7 Å². The number of aliphatic hydroxyl groups is 1. The highest BCUT2D eigenvalue weighted by molar-refractivity contribution is 6.07. The van der Waals surface area contributed by atoms with Crippen molar-refractivity contribution >= 4 is 11.8 Å². The van der Waals surface area contributed by atoms with Crippen molar-refractivity contribution in [2.45, 2.75) is 32.7 Å². The van der Waals surface area contributed by atoms with Crippen LogP contribution in [0.25, 0.3) is 0 Å². The summed E-state index contributed by atoms with van der Waals surface area (Å²) in [6.45, 7) is 2.34. The predicted octanol–water partition coefficient (Wildman–Crippen LogP) is 4.69. The van der Waals surface area contributed by atoms with E-state index in [1.54, 1.807) is 12.1 Å². The van der Waals surface area contributed by atoms with E-state index < -0.39 is 17.9 Å². The summed E-state index contributed by atoms with van der Waals surface area (Å²) in [5.41, 5.74) is 2.61. The van der Waals surface area contributed by atoms with Crippen LogP contribution in [0, 0.1) is 0 Å². The second-order valence-corrected chi connectivity index (χ2v) is 8.87. The number of hydrazine groups is 1. The maximum Gasteiger partial charge on any atom is 0.278 e. The fourth-order valence-corrected chi connectivity index (χ4v) is 4.03. The van der Waals surface area contributed by atoms with E-state index in [0.717, 1.165) is 11.1 Å². The molecule has 2 amide bonds. The number of benzene rings is 4. The van der Waals surface area contributed by atoms with Crippen molar-refractivity contribution in [3.63, 3.8) is 0 Å². The number of nitrogens with zero attached hydrogens (tertiary/aromatic N) is 1. The van der Waals surface area contributed by atoms with Crippen LogP contribution in [-0.2, 0) is 24.4 Å². The number of hydrogen-bond acceptors (Lipinski definition) is 7. The number of hydrogen-bond donors (Lipinski definition) is 3. The summed E-state index contributed by atoms with van der Waals surface area (Å²) >= 11 is 0. The van der Waals surface area contributed by atoms with Gasteiger partial charge in [0.15, 0.2) is 6.10 Å². The van der Waals surface area contributed by atoms with Gasteiger partial charge in [-0.05, 0) is 46.9 Å². The lowest BCUT2D eigenvalue weighted by Crippen LogP contribution is -2.45. The zero-order valence-electron chi connectivity index (χ0n) is 21.5. The van der Waals surface area contributed by atoms with Crippen LogP contribution in [0.15, 0.2) is 97.1 Å². The van der Waals surface area contributed by atoms with Gasteiger partial charge in [0.05, 0.1) is 5.56 Å². The molecule has 8 nitrogen and oxygen atoms in total. The number of aromatic hydroxyl groups is 1. The van der Waals surface area contributed by atoms with Crippen molar-refractivity contribution in [2.24, 2.45) is 5.84 Å². The van der Waals surface area contributed by atoms with Crippen LogP contribution < -0.4 is 15.3 Å². The molecular formula is C31H30N2O6. The van der Waals surface area contributed by atoms with Gasteiger partial charge in [-0.15, -0.1) is 0 Å². The van der Waals surface area contributed by atoms with Gasteiger partial charge in [-0.3, -0.25) is 9.59 Å². The number of rotatable bonds is 10. The van der Waals surface area contributed by atoms with E-state index in [4.69, 9.17) is 15.3 Å². The SMILES string of the molecule is CCc1cc(OCc2ccccc2)cc(OCc2ccccc2)c1C(=O)N(N)C(=O)C(O)c1cccc(O)c1. The third-order valence-electron chi connectivity index (χ3n) is 6.11. The molecule has 1 atom stereocenters. The molecule has 0 bridgehead atoms. The minimum Gasteiger partial charge on any atom is -0.508 e. The van der Waals surface area contributed by atoms with Gasteiger partial charge in [-0.2, -0.15) is 0 Å². The average Bonchev–Trinajstić information content (AvgIpc) is 2.98. The molecule has 1 unspecified atom stereocenters. The lowest BCUT2D eigenvalue weighted by molar-refractivity contribution is -0.138. The monoisotopic (exact) mass is 526 g/mol. The summed E-state index contributed by atoms with van der Waals surface area (Å²) < 4.78 is 12.1. The summed E-state index contributed by atoms with van der Waals surface area (Å²) in [6, 6.07) is 28.0. The third kappa shape index (κ3) is 6.81. The van der Waals surface area contributed by atoms with E-state index in [0.29, 0.717) is 29.3 Å². The summed E-state index contributed by atoms with van der Waals surface area (Å²) in [4.78, 5) is 26.6. The van der Waals surface area contributed by atoms with Crippen molar-refractivity contribution in [1.29, 1.82) is 0 Å². The van der Waals surface area contributed by atoms with Gasteiger partial charge in [0, 0.05) is 6.07 Å². The molecule has 0 heterocycles. The molecule has 4 N–H and O–H groups in total. The first-order valence-corrected chi connectivity index (χ1v) is 12.5. The summed E-state index contributed by atoms with van der Waals surface area (Å²) in [5, 5.41) is 20.6. The van der Waals surface area contributed by atoms with Gasteiger partial charge in [0.1, 0.15) is 30.5 Å². The Balaban J connectivity index is 1.65. The van der Waals surface area contributed by atoms with Crippen LogP contribution in [-0.4, -0.2) is 27.0 Å². The molecular weight excluding hydrogens is 496 g/mol. The number of phenolic OH excluding ortho intramolecular Hbond substituents is 1. The second kappa shape index (κ2) is 12.7. The molecule has 4 rings (SSSR count). The maximum atomic E-state index is 13.6. The van der Waals surface area contributed by atoms with Gasteiger partial charge in [-0.25, -0.2) is 10.9 Å². The number of carbonyl (C=O) groups is 2. The highest BCUT2D eigenvalue weighted by atomic mass is 16.5. The molecule has 0 aliphatic carbocycles. The van der Waals surface area contributed by atoms with Crippen LogP contribution >= 0.6 is 0 Å². The van der Waals surface area contributed by atoms with Crippen molar-refractivity contribution in [2.75, 3.05) is 0 Å². The molecule has 0 saturated heterocycles. The third-order valence-corrected chi connectivity index (χ3v) is 6.11. The quantitative estimate of drug-likeness (QED) is 0.156. The van der Waals surface area contributed by atoms with Crippen molar-refractivity contribution in [3.05, 3.63) is 125 Å². The molecule has 0 aliphatic heterocycles. The normalized spacial score (nSPS) is 11.5. The number of ether oxygens (including phenoxy) is 2. The van der Waals surface area contributed by atoms with Crippen LogP contribution in [0.3, 0.4) is 0 Å². The van der Waals surface area contributed by atoms with E-state index >= 15 is 0 Å². The molecule has 0 fully saturated rings. The molecule has 39 heavy (non-hydrogen) atoms. The lowest BCUT2D eigenvalue weighted by Gasteiger charge is -2.22. The fraction of sp³-hybridized carbons (Fsp3) is 0.161. The van der Waals surface area contributed by atoms with Crippen molar-refractivity contribution in [1.82, 2.24) is 5.01 Å². The van der Waals surface area contributed by atoms with E-state index in [1.165, 1.54) is 24.3 Å². The summed E-state index contributed by atoms with van der Waals surface area (Å²) in [6.07, 6.45) is -1.33. The topological polar surface area (TPSA) is 122 Å². The number of carbonyl (C=O) groups excluding carboxylic acids is 2. The van der Waals surface area contributed by atoms with E-state index in [-0.39, 0.29) is 29.2 Å². The fourth-order valence-electron chi connectivity index (χ4n) is 4.03. The summed E-state index contributed by atoms with van der Waals surface area (Å²) in [5.74, 6) is 4.63. The van der Waals surface area contributed by atoms with Crippen molar-refractivity contribution in [3.8, 4) is 17.2 Å². The van der Waals surface area contributed by atoms with Crippen LogP contribution in [0.4, 0.5) is 0 Å². The number of amides is 2. The Morgan fingerprint density at radius 2 is 1.46 bits per heavy atom. The Kier molecular flexibility index (Phi) is 8.94. The molecule has 0 radical (unpaired) electrons. The van der Waals surface area contributed by atoms with Gasteiger partial charge in [0.2, 0.25) is 0 Å². The standard InChI is InChI=1S/C31H30N2O6/c1-2-23-17-26(38-19-21-10-5-3-6-11-21)18-27(39-20-22-12-7-4-8-13-22)28(23)30(36)33(32)31(37)29(35)24-14-9-15-25(34)16-24/h3-18,29,34-35H,2,19-20,32H2,1H3. The first-order valence-electron chi connectivity index (χ1n) is 12.5. The Morgan fingerprint density at radius 3 is 2.05 bits per heavy atom. The Labute approximate surface area is 226 Å². The molecule has 200 valence electrons. The Hall–Kier alpha value is -4.66. The van der Waals surface area contributed by atoms with Crippen molar-refractivity contribution < 1.29 is 29.3 Å². The smallest absolute Gasteiger partial charge is 0.278 e. The predicted molar refractivity (Wildman–Crippen MR) is 146 cm³/mol. The maximum absolute atomic E-state index is 13.6. The molecule has 4 aromatic rings. The molecule has 0 aromatic heterocycles. The largest absolute Gasteiger partial charge is 0.508 e. The minimum atomic E-state index is -1.75. The molecule has 0 saturated carbocycles. The number of aliphatic hydroxyl groups excluding tert-OH is 1. The zero-order valence-corrected chi connectivity index (χ0v) is 21.5. The number of phenols is 1. The minimum absolute atomic E-state index is 0.0967. The van der Waals surface area contributed by atoms with Crippen LogP contribution in [0.1, 0.15) is 45.6 Å². The molecule has 8 heteroatoms. The highest BCUT2D eigenvalue weighted by Gasteiger charge is 2.31. The number of aryl methyl sites for hydroxylation is 1. The van der Waals surface area contributed by atoms with Gasteiger partial charge < -0.3 is 19.7 Å². The Morgan fingerprint density at radius 1 is 0.846 bits per heavy atom. The molecule has 0 aliphatic rings. The second-order valence-electron chi connectivity index (χ2n) is 8.87. The highest BCUT2D eigenvalue weighted by Crippen LogP contribution is 2.32. The molecule has 0 spiro atoms. The van der Waals surface area contributed by atoms with Gasteiger partial charge in [0.25, 0.3) is 11.8 Å². The van der Waals surface area contributed by atoms with Crippen LogP contribution in [0.2, 0.25) is 0 Å². The first kappa shape index (κ1) is 27.4. The zero-order chi connectivity index (χ0) is 27.8. The van der Waals surface area contributed by atoms with E-state index in [9.17, 15) is 19.8 Å². The van der Waals surface area contributed by atoms with E-state index in [2.05, 4.69) is 0 Å². The summed E-state index contributed by atoms with van der Waals surface area (Å²) in [7, 11) is 0. The number of imide groups is 1. The first-order chi connectivity index (χ1) is 18.9. The average molecular weight is 527 g/mol. The van der Waals surface area contributed by atoms with E-state index in [1.807, 2.05) is 67.6 Å². The Bertz CT molecular complexity index is 1430. The molecule has 4 aromatic carbocycles. The van der Waals surface area contributed by atoms with Crippen LogP contribution in [0.5, 0.6) is 17.2 Å². The number of nitrogens with two attached hydrogens (primary N) is 1.